The molecule has 108 valence electrons. The fraction of sp³-hybridized carbons (Fsp3) is 0.562. The SMILES string of the molecule is O=C(OCc1ccccc1)N1CC2CCCC1(CO)C2. The van der Waals surface area contributed by atoms with E-state index in [1.54, 1.807) is 4.90 Å². The average Bonchev–Trinajstić information content (AvgIpc) is 2.77. The van der Waals surface area contributed by atoms with Crippen LogP contribution in [0.3, 0.4) is 0 Å². The summed E-state index contributed by atoms with van der Waals surface area (Å²) in [4.78, 5) is 14.1. The zero-order valence-corrected chi connectivity index (χ0v) is 11.6. The van der Waals surface area contributed by atoms with Gasteiger partial charge < -0.3 is 9.84 Å². The molecule has 3 rings (SSSR count). The molecule has 1 aliphatic carbocycles. The maximum atomic E-state index is 12.3. The highest BCUT2D eigenvalue weighted by molar-refractivity contribution is 5.69. The van der Waals surface area contributed by atoms with Crippen LogP contribution < -0.4 is 0 Å². The van der Waals surface area contributed by atoms with Crippen molar-refractivity contribution in [1.82, 2.24) is 4.90 Å². The maximum Gasteiger partial charge on any atom is 0.410 e. The molecule has 20 heavy (non-hydrogen) atoms. The van der Waals surface area contributed by atoms with E-state index in [0.29, 0.717) is 12.5 Å². The molecule has 4 nitrogen and oxygen atoms in total. The van der Waals surface area contributed by atoms with Crippen LogP contribution in [0.15, 0.2) is 30.3 Å². The molecule has 1 saturated heterocycles. The fourth-order valence-electron chi connectivity index (χ4n) is 3.61. The van der Waals surface area contributed by atoms with Crippen molar-refractivity contribution < 1.29 is 14.6 Å². The summed E-state index contributed by atoms with van der Waals surface area (Å²) in [5.41, 5.74) is 0.623. The van der Waals surface area contributed by atoms with E-state index in [4.69, 9.17) is 4.74 Å². The lowest BCUT2D eigenvalue weighted by atomic mass is 9.80. The van der Waals surface area contributed by atoms with Crippen molar-refractivity contribution in [3.05, 3.63) is 35.9 Å². The largest absolute Gasteiger partial charge is 0.445 e. The van der Waals surface area contributed by atoms with E-state index in [1.165, 1.54) is 0 Å². The lowest BCUT2D eigenvalue weighted by Crippen LogP contribution is -2.50. The third kappa shape index (κ3) is 2.40. The van der Waals surface area contributed by atoms with Crippen molar-refractivity contribution in [3.8, 4) is 0 Å². The number of hydrogen-bond donors (Lipinski definition) is 1. The van der Waals surface area contributed by atoms with Gasteiger partial charge in [0.15, 0.2) is 0 Å². The highest BCUT2D eigenvalue weighted by Gasteiger charge is 2.50. The van der Waals surface area contributed by atoms with Gasteiger partial charge in [-0.3, -0.25) is 4.90 Å². The summed E-state index contributed by atoms with van der Waals surface area (Å²) >= 11 is 0. The quantitative estimate of drug-likeness (QED) is 0.922. The predicted octanol–water partition coefficient (Wildman–Crippen LogP) is 2.56. The zero-order chi connectivity index (χ0) is 14.0. The molecule has 1 aromatic carbocycles. The van der Waals surface area contributed by atoms with Crippen molar-refractivity contribution in [3.63, 3.8) is 0 Å². The molecule has 1 amide bonds. The predicted molar refractivity (Wildman–Crippen MR) is 75.1 cm³/mol. The number of ether oxygens (including phenoxy) is 1. The Kier molecular flexibility index (Phi) is 3.66. The normalized spacial score (nSPS) is 28.4. The number of aliphatic hydroxyl groups is 1. The molecule has 2 bridgehead atoms. The van der Waals surface area contributed by atoms with Crippen LogP contribution in [0.1, 0.15) is 31.2 Å². The Hall–Kier alpha value is -1.55. The number of carbonyl (C=O) groups is 1. The monoisotopic (exact) mass is 275 g/mol. The Balaban J connectivity index is 1.65. The van der Waals surface area contributed by atoms with E-state index in [1.807, 2.05) is 30.3 Å². The summed E-state index contributed by atoms with van der Waals surface area (Å²) < 4.78 is 5.42. The van der Waals surface area contributed by atoms with Crippen molar-refractivity contribution >= 4 is 6.09 Å². The average molecular weight is 275 g/mol. The van der Waals surface area contributed by atoms with Crippen LogP contribution in [0.2, 0.25) is 0 Å². The van der Waals surface area contributed by atoms with Crippen molar-refractivity contribution in [2.45, 2.75) is 37.8 Å². The summed E-state index contributed by atoms with van der Waals surface area (Å²) in [5, 5.41) is 9.72. The van der Waals surface area contributed by atoms with Gasteiger partial charge in [-0.05, 0) is 30.7 Å². The van der Waals surface area contributed by atoms with Crippen LogP contribution in [0.5, 0.6) is 0 Å². The standard InChI is InChI=1S/C16H21NO3/c18-12-16-8-4-7-14(9-16)10-17(16)15(19)20-11-13-5-2-1-3-6-13/h1-3,5-6,14,18H,4,7-12H2. The molecule has 2 fully saturated rings. The summed E-state index contributed by atoms with van der Waals surface area (Å²) in [5.74, 6) is 0.528. The maximum absolute atomic E-state index is 12.3. The third-order valence-electron chi connectivity index (χ3n) is 4.66. The molecule has 1 heterocycles. The zero-order valence-electron chi connectivity index (χ0n) is 11.6. The second-order valence-corrected chi connectivity index (χ2v) is 6.00. The Morgan fingerprint density at radius 2 is 2.20 bits per heavy atom. The van der Waals surface area contributed by atoms with Crippen LogP contribution in [0.4, 0.5) is 4.79 Å². The van der Waals surface area contributed by atoms with Gasteiger partial charge in [-0.15, -0.1) is 0 Å². The van der Waals surface area contributed by atoms with Crippen LogP contribution in [0.25, 0.3) is 0 Å². The van der Waals surface area contributed by atoms with E-state index in [-0.39, 0.29) is 18.2 Å². The van der Waals surface area contributed by atoms with Gasteiger partial charge in [-0.1, -0.05) is 36.8 Å². The fourth-order valence-corrected chi connectivity index (χ4v) is 3.61. The lowest BCUT2D eigenvalue weighted by Gasteiger charge is -2.37. The van der Waals surface area contributed by atoms with Crippen LogP contribution in [-0.4, -0.2) is 34.8 Å². The van der Waals surface area contributed by atoms with Gasteiger partial charge >= 0.3 is 6.09 Å². The van der Waals surface area contributed by atoms with Crippen LogP contribution in [-0.2, 0) is 11.3 Å². The van der Waals surface area contributed by atoms with E-state index >= 15 is 0 Å². The number of rotatable bonds is 3. The van der Waals surface area contributed by atoms with Crippen molar-refractivity contribution in [2.75, 3.05) is 13.2 Å². The van der Waals surface area contributed by atoms with E-state index < -0.39 is 0 Å². The second kappa shape index (κ2) is 5.44. The first-order valence-electron chi connectivity index (χ1n) is 7.33. The molecule has 2 atom stereocenters. The Labute approximate surface area is 119 Å². The Bertz CT molecular complexity index is 476. The van der Waals surface area contributed by atoms with Gasteiger partial charge in [0, 0.05) is 6.54 Å². The molecule has 1 aromatic rings. The summed E-state index contributed by atoms with van der Waals surface area (Å²) in [6.07, 6.45) is 3.77. The number of nitrogens with zero attached hydrogens (tertiary/aromatic N) is 1. The number of amides is 1. The molecular weight excluding hydrogens is 254 g/mol. The minimum Gasteiger partial charge on any atom is -0.445 e. The smallest absolute Gasteiger partial charge is 0.410 e. The number of hydrogen-bond acceptors (Lipinski definition) is 3. The van der Waals surface area contributed by atoms with Crippen LogP contribution >= 0.6 is 0 Å². The third-order valence-corrected chi connectivity index (χ3v) is 4.66. The molecule has 0 aromatic heterocycles. The number of carbonyl (C=O) groups excluding carboxylic acids is 1. The van der Waals surface area contributed by atoms with Gasteiger partial charge in [0.2, 0.25) is 0 Å². The molecule has 2 aliphatic rings. The molecule has 1 aliphatic heterocycles. The van der Waals surface area contributed by atoms with Crippen molar-refractivity contribution in [1.29, 1.82) is 0 Å². The first kappa shape index (κ1) is 13.4. The second-order valence-electron chi connectivity index (χ2n) is 6.00. The summed E-state index contributed by atoms with van der Waals surface area (Å²) in [7, 11) is 0. The Morgan fingerprint density at radius 3 is 2.95 bits per heavy atom. The van der Waals surface area contributed by atoms with Gasteiger partial charge in [0.25, 0.3) is 0 Å². The number of aliphatic hydroxyl groups excluding tert-OH is 1. The van der Waals surface area contributed by atoms with Gasteiger partial charge in [0.05, 0.1) is 12.1 Å². The first-order chi connectivity index (χ1) is 9.73. The van der Waals surface area contributed by atoms with Crippen LogP contribution in [0, 0.1) is 5.92 Å². The molecule has 0 spiro atoms. The number of fused-ring (bicyclic) bond motifs is 2. The molecular formula is C16H21NO3. The van der Waals surface area contributed by atoms with Crippen molar-refractivity contribution in [2.24, 2.45) is 5.92 Å². The highest BCUT2D eigenvalue weighted by atomic mass is 16.6. The minimum absolute atomic E-state index is 0.0456. The minimum atomic E-state index is -0.364. The lowest BCUT2D eigenvalue weighted by molar-refractivity contribution is 0.0312. The molecule has 0 radical (unpaired) electrons. The van der Waals surface area contributed by atoms with E-state index in [0.717, 1.165) is 37.8 Å². The molecule has 2 unspecified atom stereocenters. The van der Waals surface area contributed by atoms with Gasteiger partial charge in [0.1, 0.15) is 6.61 Å². The molecule has 1 saturated carbocycles. The Morgan fingerprint density at radius 1 is 1.40 bits per heavy atom. The van der Waals surface area contributed by atoms with E-state index in [2.05, 4.69) is 0 Å². The first-order valence-corrected chi connectivity index (χ1v) is 7.33. The highest BCUT2D eigenvalue weighted by Crippen LogP contribution is 2.43. The van der Waals surface area contributed by atoms with Gasteiger partial charge in [-0.2, -0.15) is 0 Å². The molecule has 4 heteroatoms. The van der Waals surface area contributed by atoms with E-state index in [9.17, 15) is 9.90 Å². The van der Waals surface area contributed by atoms with Gasteiger partial charge in [-0.25, -0.2) is 4.79 Å². The number of likely N-dealkylation sites (tertiary alicyclic amines) is 1. The number of benzene rings is 1. The summed E-state index contributed by atoms with van der Waals surface area (Å²) in [6, 6.07) is 9.69. The topological polar surface area (TPSA) is 49.8 Å². The summed E-state index contributed by atoms with van der Waals surface area (Å²) in [6.45, 7) is 1.07. The molecule has 1 N–H and O–H groups in total.